The van der Waals surface area contributed by atoms with E-state index in [0.29, 0.717) is 18.7 Å². The number of carbonyl (C=O) groups excluding carboxylic acids is 1. The van der Waals surface area contributed by atoms with Crippen LogP contribution in [0.4, 0.5) is 0 Å². The Morgan fingerprint density at radius 1 is 1.64 bits per heavy atom. The van der Waals surface area contributed by atoms with Crippen LogP contribution in [-0.4, -0.2) is 31.7 Å². The molecular formula is C10H20N2O2. The Morgan fingerprint density at radius 3 is 2.79 bits per heavy atom. The summed E-state index contributed by atoms with van der Waals surface area (Å²) in [6.45, 7) is 2.48. The maximum Gasteiger partial charge on any atom is 0.223 e. The van der Waals surface area contributed by atoms with Crippen molar-refractivity contribution in [3.8, 4) is 0 Å². The first-order chi connectivity index (χ1) is 6.67. The third kappa shape index (κ3) is 2.96. The third-order valence-corrected chi connectivity index (χ3v) is 2.82. The molecule has 82 valence electrons. The molecule has 0 spiro atoms. The van der Waals surface area contributed by atoms with Gasteiger partial charge in [-0.1, -0.05) is 6.92 Å². The van der Waals surface area contributed by atoms with Gasteiger partial charge in [0, 0.05) is 19.1 Å². The fourth-order valence-corrected chi connectivity index (χ4v) is 1.60. The highest BCUT2D eigenvalue weighted by Crippen LogP contribution is 2.22. The van der Waals surface area contributed by atoms with E-state index in [9.17, 15) is 4.79 Å². The van der Waals surface area contributed by atoms with Crippen LogP contribution in [0.1, 0.15) is 26.2 Å². The monoisotopic (exact) mass is 200 g/mol. The fourth-order valence-electron chi connectivity index (χ4n) is 1.60. The summed E-state index contributed by atoms with van der Waals surface area (Å²) in [5, 5.41) is 2.99. The first kappa shape index (κ1) is 11.5. The van der Waals surface area contributed by atoms with Gasteiger partial charge in [0.15, 0.2) is 0 Å². The summed E-state index contributed by atoms with van der Waals surface area (Å²) < 4.78 is 5.13. The lowest BCUT2D eigenvalue weighted by molar-refractivity contribution is -0.127. The van der Waals surface area contributed by atoms with E-state index in [2.05, 4.69) is 5.32 Å². The van der Waals surface area contributed by atoms with Crippen LogP contribution in [0.5, 0.6) is 0 Å². The van der Waals surface area contributed by atoms with E-state index in [0.717, 1.165) is 19.3 Å². The van der Waals surface area contributed by atoms with Crippen molar-refractivity contribution in [1.29, 1.82) is 0 Å². The summed E-state index contributed by atoms with van der Waals surface area (Å²) in [6.07, 6.45) is 2.98. The molecule has 0 heterocycles. The van der Waals surface area contributed by atoms with Gasteiger partial charge in [0.25, 0.3) is 0 Å². The van der Waals surface area contributed by atoms with Crippen LogP contribution in [0.2, 0.25) is 0 Å². The number of nitrogens with one attached hydrogen (secondary N) is 1. The lowest BCUT2D eigenvalue weighted by Crippen LogP contribution is -2.49. The molecule has 1 aliphatic rings. The second kappa shape index (κ2) is 5.32. The summed E-state index contributed by atoms with van der Waals surface area (Å²) in [5.74, 6) is 0.150. The smallest absolute Gasteiger partial charge is 0.223 e. The molecule has 1 atom stereocenters. The van der Waals surface area contributed by atoms with E-state index in [4.69, 9.17) is 10.5 Å². The van der Waals surface area contributed by atoms with E-state index in [1.807, 2.05) is 6.92 Å². The molecule has 4 nitrogen and oxygen atoms in total. The van der Waals surface area contributed by atoms with Crippen LogP contribution < -0.4 is 11.1 Å². The predicted molar refractivity (Wildman–Crippen MR) is 54.8 cm³/mol. The highest BCUT2D eigenvalue weighted by Gasteiger charge is 2.30. The van der Waals surface area contributed by atoms with Gasteiger partial charge in [-0.15, -0.1) is 0 Å². The molecule has 0 saturated heterocycles. The molecule has 3 N–H and O–H groups in total. The molecule has 1 rings (SSSR count). The number of ether oxygens (including phenoxy) is 1. The standard InChI is InChI=1S/C10H20N2O2/c1-7(3-4-11)10(13)12-8-5-9(6-8)14-2/h7-9H,3-6,11H2,1-2H3,(H,12,13). The molecule has 1 amide bonds. The zero-order valence-electron chi connectivity index (χ0n) is 8.95. The molecule has 1 aliphatic carbocycles. The largest absolute Gasteiger partial charge is 0.381 e. The summed E-state index contributed by atoms with van der Waals surface area (Å²) in [6, 6.07) is 0.313. The van der Waals surface area contributed by atoms with Crippen molar-refractivity contribution < 1.29 is 9.53 Å². The predicted octanol–water partition coefficient (Wildman–Crippen LogP) is 0.265. The molecule has 4 heteroatoms. The van der Waals surface area contributed by atoms with Crippen molar-refractivity contribution in [3.05, 3.63) is 0 Å². The van der Waals surface area contributed by atoms with E-state index < -0.39 is 0 Å². The quantitative estimate of drug-likeness (QED) is 0.669. The molecule has 0 aromatic carbocycles. The van der Waals surface area contributed by atoms with Crippen LogP contribution in [-0.2, 0) is 9.53 Å². The third-order valence-electron chi connectivity index (χ3n) is 2.82. The van der Waals surface area contributed by atoms with Gasteiger partial charge in [0.2, 0.25) is 5.91 Å². The number of carbonyl (C=O) groups is 1. The van der Waals surface area contributed by atoms with Gasteiger partial charge >= 0.3 is 0 Å². The Kier molecular flexibility index (Phi) is 4.35. The maximum absolute atomic E-state index is 11.5. The number of rotatable bonds is 5. The number of hydrogen-bond acceptors (Lipinski definition) is 3. The average Bonchev–Trinajstić information content (AvgIpc) is 2.10. The number of nitrogens with two attached hydrogens (primary N) is 1. The Hall–Kier alpha value is -0.610. The zero-order valence-corrected chi connectivity index (χ0v) is 8.95. The topological polar surface area (TPSA) is 64.3 Å². The zero-order chi connectivity index (χ0) is 10.6. The van der Waals surface area contributed by atoms with Gasteiger partial charge in [-0.3, -0.25) is 4.79 Å². The minimum Gasteiger partial charge on any atom is -0.381 e. The van der Waals surface area contributed by atoms with Crippen molar-refractivity contribution in [1.82, 2.24) is 5.32 Å². The number of amides is 1. The Bertz CT molecular complexity index is 191. The van der Waals surface area contributed by atoms with E-state index in [1.165, 1.54) is 0 Å². The minimum atomic E-state index is 0.0293. The first-order valence-electron chi connectivity index (χ1n) is 5.20. The van der Waals surface area contributed by atoms with Gasteiger partial charge in [0.1, 0.15) is 0 Å². The summed E-state index contributed by atoms with van der Waals surface area (Å²) in [7, 11) is 1.71. The molecule has 0 bridgehead atoms. The molecule has 1 fully saturated rings. The van der Waals surface area contributed by atoms with Crippen molar-refractivity contribution in [2.24, 2.45) is 11.7 Å². The Morgan fingerprint density at radius 2 is 2.29 bits per heavy atom. The Labute approximate surface area is 85.2 Å². The molecular weight excluding hydrogens is 180 g/mol. The summed E-state index contributed by atoms with van der Waals surface area (Å²) in [5.41, 5.74) is 5.39. The van der Waals surface area contributed by atoms with Crippen LogP contribution >= 0.6 is 0 Å². The van der Waals surface area contributed by atoms with Crippen LogP contribution in [0.25, 0.3) is 0 Å². The molecule has 0 aromatic heterocycles. The van der Waals surface area contributed by atoms with Crippen LogP contribution in [0.15, 0.2) is 0 Å². The van der Waals surface area contributed by atoms with Crippen molar-refractivity contribution in [2.75, 3.05) is 13.7 Å². The summed E-state index contributed by atoms with van der Waals surface area (Å²) in [4.78, 5) is 11.5. The number of methoxy groups -OCH3 is 1. The van der Waals surface area contributed by atoms with Crippen LogP contribution in [0.3, 0.4) is 0 Å². The maximum atomic E-state index is 11.5. The molecule has 0 aliphatic heterocycles. The van der Waals surface area contributed by atoms with Gasteiger partial charge in [0.05, 0.1) is 6.10 Å². The van der Waals surface area contributed by atoms with E-state index in [1.54, 1.807) is 7.11 Å². The second-order valence-electron chi connectivity index (χ2n) is 4.01. The number of hydrogen-bond donors (Lipinski definition) is 2. The Balaban J connectivity index is 2.15. The highest BCUT2D eigenvalue weighted by atomic mass is 16.5. The first-order valence-corrected chi connectivity index (χ1v) is 5.20. The average molecular weight is 200 g/mol. The highest BCUT2D eigenvalue weighted by molar-refractivity contribution is 5.78. The van der Waals surface area contributed by atoms with Crippen molar-refractivity contribution >= 4 is 5.91 Å². The van der Waals surface area contributed by atoms with E-state index >= 15 is 0 Å². The van der Waals surface area contributed by atoms with Gasteiger partial charge < -0.3 is 15.8 Å². The van der Waals surface area contributed by atoms with Crippen LogP contribution in [0, 0.1) is 5.92 Å². The SMILES string of the molecule is COC1CC(NC(=O)C(C)CCN)C1. The molecule has 1 saturated carbocycles. The molecule has 0 aromatic rings. The van der Waals surface area contributed by atoms with Gasteiger partial charge in [-0.25, -0.2) is 0 Å². The van der Waals surface area contributed by atoms with Crippen molar-refractivity contribution in [3.63, 3.8) is 0 Å². The summed E-state index contributed by atoms with van der Waals surface area (Å²) >= 11 is 0. The molecule has 0 radical (unpaired) electrons. The lowest BCUT2D eigenvalue weighted by atomic mass is 9.88. The van der Waals surface area contributed by atoms with Gasteiger partial charge in [-0.2, -0.15) is 0 Å². The van der Waals surface area contributed by atoms with E-state index in [-0.39, 0.29) is 11.8 Å². The second-order valence-corrected chi connectivity index (χ2v) is 4.01. The van der Waals surface area contributed by atoms with Gasteiger partial charge in [-0.05, 0) is 25.8 Å². The van der Waals surface area contributed by atoms with Crippen molar-refractivity contribution in [2.45, 2.75) is 38.3 Å². The normalized spacial score (nSPS) is 27.9. The fraction of sp³-hybridized carbons (Fsp3) is 0.900. The minimum absolute atomic E-state index is 0.0293. The molecule has 14 heavy (non-hydrogen) atoms. The molecule has 1 unspecified atom stereocenters. The lowest BCUT2D eigenvalue weighted by Gasteiger charge is -2.35.